The topological polar surface area (TPSA) is 27.6 Å². The third-order valence-corrected chi connectivity index (χ3v) is 2.18. The number of hydrogen-bond donors (Lipinski definition) is 1. The molecule has 0 aliphatic carbocycles. The first-order valence-corrected chi connectivity index (χ1v) is 4.47. The Bertz CT molecular complexity index is 224. The summed E-state index contributed by atoms with van der Waals surface area (Å²) in [5, 5.41) is 2.69. The molecule has 1 aliphatic rings. The quantitative estimate of drug-likeness (QED) is 0.736. The van der Waals surface area contributed by atoms with Gasteiger partial charge in [0, 0.05) is 20.1 Å². The number of rotatable bonds is 2. The molecule has 1 N–H and O–H groups in total. The van der Waals surface area contributed by atoms with E-state index < -0.39 is 12.1 Å². The van der Waals surface area contributed by atoms with Gasteiger partial charge in [-0.15, -0.1) is 0 Å². The number of alkyl halides is 3. The van der Waals surface area contributed by atoms with Crippen LogP contribution in [0.3, 0.4) is 0 Å². The Morgan fingerprint density at radius 2 is 2.21 bits per heavy atom. The van der Waals surface area contributed by atoms with Crippen LogP contribution in [0, 0.1) is 5.92 Å². The molecule has 0 aromatic heterocycles. The molecular formula is C8H14F3N3. The summed E-state index contributed by atoms with van der Waals surface area (Å²) in [7, 11) is 1.80. The maximum atomic E-state index is 12.1. The molecule has 6 heteroatoms. The van der Waals surface area contributed by atoms with Crippen LogP contribution in [0.4, 0.5) is 13.2 Å². The monoisotopic (exact) mass is 209 g/mol. The van der Waals surface area contributed by atoms with E-state index in [9.17, 15) is 13.2 Å². The second-order valence-electron chi connectivity index (χ2n) is 3.45. The van der Waals surface area contributed by atoms with Crippen molar-refractivity contribution in [2.75, 3.05) is 26.7 Å². The van der Waals surface area contributed by atoms with Crippen molar-refractivity contribution < 1.29 is 13.2 Å². The molecule has 0 radical (unpaired) electrons. The lowest BCUT2D eigenvalue weighted by Gasteiger charge is -2.19. The predicted octanol–water partition coefficient (Wildman–Crippen LogP) is 1.08. The summed E-state index contributed by atoms with van der Waals surface area (Å²) in [5.74, 6) is -0.791. The Balaban J connectivity index is 2.34. The first kappa shape index (κ1) is 11.1. The van der Waals surface area contributed by atoms with E-state index >= 15 is 0 Å². The van der Waals surface area contributed by atoms with E-state index in [1.807, 2.05) is 4.90 Å². The zero-order chi connectivity index (χ0) is 10.8. The van der Waals surface area contributed by atoms with Crippen LogP contribution in [0.5, 0.6) is 0 Å². The predicted molar refractivity (Wildman–Crippen MR) is 48.2 cm³/mol. The van der Waals surface area contributed by atoms with E-state index in [1.54, 1.807) is 7.05 Å². The van der Waals surface area contributed by atoms with Crippen LogP contribution < -0.4 is 5.32 Å². The Morgan fingerprint density at radius 1 is 1.57 bits per heavy atom. The Morgan fingerprint density at radius 3 is 2.64 bits per heavy atom. The van der Waals surface area contributed by atoms with Gasteiger partial charge < -0.3 is 10.2 Å². The third kappa shape index (κ3) is 2.78. The van der Waals surface area contributed by atoms with Gasteiger partial charge in [0.1, 0.15) is 0 Å². The standard InChI is InChI=1S/C8H14F3N3/c1-6(8(9,10)11)5-13-7-12-3-4-14(7)2/h6H,3-5H2,1-2H3,(H,12,13). The Labute approximate surface area is 81.0 Å². The van der Waals surface area contributed by atoms with Gasteiger partial charge in [-0.1, -0.05) is 6.92 Å². The van der Waals surface area contributed by atoms with Gasteiger partial charge in [-0.3, -0.25) is 4.99 Å². The van der Waals surface area contributed by atoms with Gasteiger partial charge >= 0.3 is 6.18 Å². The Kier molecular flexibility index (Phi) is 3.23. The molecule has 0 saturated carbocycles. The fraction of sp³-hybridized carbons (Fsp3) is 0.875. The highest BCUT2D eigenvalue weighted by molar-refractivity contribution is 5.81. The molecule has 0 aromatic rings. The summed E-state index contributed by atoms with van der Waals surface area (Å²) >= 11 is 0. The molecule has 1 heterocycles. The SMILES string of the molecule is CC(CNC1=NCCN1C)C(F)(F)F. The fourth-order valence-corrected chi connectivity index (χ4v) is 1.08. The van der Waals surface area contributed by atoms with Gasteiger partial charge in [0.2, 0.25) is 0 Å². The third-order valence-electron chi connectivity index (χ3n) is 2.18. The molecule has 0 amide bonds. The van der Waals surface area contributed by atoms with Crippen LogP contribution in [0.15, 0.2) is 4.99 Å². The van der Waals surface area contributed by atoms with E-state index in [0.29, 0.717) is 12.5 Å². The summed E-state index contributed by atoms with van der Waals surface area (Å²) in [6, 6.07) is 0. The molecule has 82 valence electrons. The molecule has 0 aromatic carbocycles. The van der Waals surface area contributed by atoms with Crippen molar-refractivity contribution in [3.05, 3.63) is 0 Å². The maximum absolute atomic E-state index is 12.1. The summed E-state index contributed by atoms with van der Waals surface area (Å²) in [6.45, 7) is 2.46. The van der Waals surface area contributed by atoms with Gasteiger partial charge in [-0.25, -0.2) is 0 Å². The average Bonchev–Trinajstić information content (AvgIpc) is 2.45. The van der Waals surface area contributed by atoms with E-state index in [-0.39, 0.29) is 6.54 Å². The van der Waals surface area contributed by atoms with Gasteiger partial charge in [0.05, 0.1) is 12.5 Å². The summed E-state index contributed by atoms with van der Waals surface area (Å²) in [4.78, 5) is 5.84. The fourth-order valence-electron chi connectivity index (χ4n) is 1.08. The molecule has 1 atom stereocenters. The van der Waals surface area contributed by atoms with Crippen molar-refractivity contribution in [3.8, 4) is 0 Å². The van der Waals surface area contributed by atoms with Gasteiger partial charge in [0.15, 0.2) is 5.96 Å². The van der Waals surface area contributed by atoms with Gasteiger partial charge in [0.25, 0.3) is 0 Å². The highest BCUT2D eigenvalue weighted by Crippen LogP contribution is 2.24. The van der Waals surface area contributed by atoms with Crippen LogP contribution in [0.25, 0.3) is 0 Å². The molecule has 3 nitrogen and oxygen atoms in total. The molecule has 1 rings (SSSR count). The molecule has 0 spiro atoms. The van der Waals surface area contributed by atoms with E-state index in [1.165, 1.54) is 0 Å². The first-order valence-electron chi connectivity index (χ1n) is 4.47. The second kappa shape index (κ2) is 4.06. The van der Waals surface area contributed by atoms with Crippen LogP contribution in [0.1, 0.15) is 6.92 Å². The smallest absolute Gasteiger partial charge is 0.356 e. The van der Waals surface area contributed by atoms with Crippen molar-refractivity contribution in [3.63, 3.8) is 0 Å². The van der Waals surface area contributed by atoms with E-state index in [2.05, 4.69) is 10.3 Å². The van der Waals surface area contributed by atoms with E-state index in [4.69, 9.17) is 0 Å². The number of likely N-dealkylation sites (N-methyl/N-ethyl adjacent to an activating group) is 1. The number of aliphatic imine (C=N–C) groups is 1. The minimum Gasteiger partial charge on any atom is -0.356 e. The zero-order valence-corrected chi connectivity index (χ0v) is 8.23. The molecular weight excluding hydrogens is 195 g/mol. The number of hydrogen-bond acceptors (Lipinski definition) is 3. The lowest BCUT2D eigenvalue weighted by molar-refractivity contribution is -0.167. The highest BCUT2D eigenvalue weighted by atomic mass is 19.4. The van der Waals surface area contributed by atoms with Gasteiger partial charge in [-0.2, -0.15) is 13.2 Å². The number of nitrogens with one attached hydrogen (secondary N) is 1. The van der Waals surface area contributed by atoms with Gasteiger partial charge in [-0.05, 0) is 0 Å². The first-order chi connectivity index (χ1) is 6.41. The minimum absolute atomic E-state index is 0.118. The van der Waals surface area contributed by atoms with Crippen LogP contribution in [-0.4, -0.2) is 43.7 Å². The molecule has 0 saturated heterocycles. The lowest BCUT2D eigenvalue weighted by atomic mass is 10.2. The molecule has 14 heavy (non-hydrogen) atoms. The molecule has 1 unspecified atom stereocenters. The van der Waals surface area contributed by atoms with Crippen LogP contribution >= 0.6 is 0 Å². The van der Waals surface area contributed by atoms with Crippen LogP contribution in [-0.2, 0) is 0 Å². The Hall–Kier alpha value is -0.940. The van der Waals surface area contributed by atoms with Crippen LogP contribution in [0.2, 0.25) is 0 Å². The highest BCUT2D eigenvalue weighted by Gasteiger charge is 2.35. The summed E-state index contributed by atoms with van der Waals surface area (Å²) in [5.41, 5.74) is 0. The van der Waals surface area contributed by atoms with Crippen molar-refractivity contribution in [1.82, 2.24) is 10.2 Å². The summed E-state index contributed by atoms with van der Waals surface area (Å²) in [6.07, 6.45) is -4.13. The van der Waals surface area contributed by atoms with E-state index in [0.717, 1.165) is 13.5 Å². The minimum atomic E-state index is -4.13. The lowest BCUT2D eigenvalue weighted by Crippen LogP contribution is -2.40. The number of nitrogens with zero attached hydrogens (tertiary/aromatic N) is 2. The maximum Gasteiger partial charge on any atom is 0.393 e. The largest absolute Gasteiger partial charge is 0.393 e. The van der Waals surface area contributed by atoms with Crippen molar-refractivity contribution in [2.24, 2.45) is 10.9 Å². The normalized spacial score (nSPS) is 19.5. The molecule has 0 bridgehead atoms. The van der Waals surface area contributed by atoms with Crippen molar-refractivity contribution in [2.45, 2.75) is 13.1 Å². The molecule has 1 aliphatic heterocycles. The summed E-state index contributed by atoms with van der Waals surface area (Å²) < 4.78 is 36.4. The second-order valence-corrected chi connectivity index (χ2v) is 3.45. The molecule has 0 fully saturated rings. The number of guanidine groups is 1. The number of halogens is 3. The van der Waals surface area contributed by atoms with Crippen molar-refractivity contribution in [1.29, 1.82) is 0 Å². The zero-order valence-electron chi connectivity index (χ0n) is 8.23. The van der Waals surface area contributed by atoms with Crippen molar-refractivity contribution >= 4 is 5.96 Å². The average molecular weight is 209 g/mol.